The van der Waals surface area contributed by atoms with Gasteiger partial charge < -0.3 is 5.11 Å². The molecule has 2 heterocycles. The zero-order valence-corrected chi connectivity index (χ0v) is 12.6. The third kappa shape index (κ3) is 2.91. The number of rotatable bonds is 4. The SMILES string of the molecule is O=C(O)C1CCC2CCCCC2N1CCc1cccs1. The maximum absolute atomic E-state index is 11.6. The standard InChI is InChI=1S/C16H23NO2S/c18-16(19)15-8-7-12-4-1-2-6-14(12)17(15)10-9-13-5-3-11-20-13/h3,5,11-12,14-15H,1-2,4,6-10H2,(H,18,19). The molecular weight excluding hydrogens is 270 g/mol. The van der Waals surface area contributed by atoms with Gasteiger partial charge in [0.05, 0.1) is 0 Å². The number of thiophene rings is 1. The molecule has 2 aliphatic rings. The zero-order valence-electron chi connectivity index (χ0n) is 11.8. The fourth-order valence-corrected chi connectivity index (χ4v) is 4.71. The van der Waals surface area contributed by atoms with Gasteiger partial charge in [-0.25, -0.2) is 0 Å². The van der Waals surface area contributed by atoms with Crippen LogP contribution in [0.15, 0.2) is 17.5 Å². The summed E-state index contributed by atoms with van der Waals surface area (Å²) >= 11 is 1.78. The van der Waals surface area contributed by atoms with Gasteiger partial charge in [0.1, 0.15) is 6.04 Å². The van der Waals surface area contributed by atoms with Gasteiger partial charge in [0.25, 0.3) is 0 Å². The van der Waals surface area contributed by atoms with E-state index in [1.54, 1.807) is 11.3 Å². The highest BCUT2D eigenvalue weighted by Gasteiger charge is 2.40. The Labute approximate surface area is 124 Å². The van der Waals surface area contributed by atoms with Gasteiger partial charge in [0.15, 0.2) is 0 Å². The topological polar surface area (TPSA) is 40.5 Å². The largest absolute Gasteiger partial charge is 0.480 e. The molecule has 1 N–H and O–H groups in total. The minimum absolute atomic E-state index is 0.255. The molecule has 1 saturated heterocycles. The Hall–Kier alpha value is -0.870. The lowest BCUT2D eigenvalue weighted by molar-refractivity contribution is -0.148. The average molecular weight is 293 g/mol. The van der Waals surface area contributed by atoms with Crippen LogP contribution in [0.5, 0.6) is 0 Å². The molecule has 20 heavy (non-hydrogen) atoms. The Bertz CT molecular complexity index is 445. The maximum atomic E-state index is 11.6. The Balaban J connectivity index is 1.71. The number of carbonyl (C=O) groups is 1. The van der Waals surface area contributed by atoms with Crippen LogP contribution in [-0.4, -0.2) is 34.6 Å². The summed E-state index contributed by atoms with van der Waals surface area (Å²) in [4.78, 5) is 15.2. The Kier molecular flexibility index (Phi) is 4.41. The van der Waals surface area contributed by atoms with Crippen LogP contribution in [-0.2, 0) is 11.2 Å². The molecule has 3 atom stereocenters. The molecule has 0 spiro atoms. The van der Waals surface area contributed by atoms with Crippen molar-refractivity contribution in [3.05, 3.63) is 22.4 Å². The summed E-state index contributed by atoms with van der Waals surface area (Å²) in [5.41, 5.74) is 0. The Morgan fingerprint density at radius 2 is 2.15 bits per heavy atom. The fraction of sp³-hybridized carbons (Fsp3) is 0.688. The maximum Gasteiger partial charge on any atom is 0.320 e. The van der Waals surface area contributed by atoms with E-state index in [1.165, 1.54) is 30.6 Å². The van der Waals surface area contributed by atoms with Gasteiger partial charge in [0.2, 0.25) is 0 Å². The van der Waals surface area contributed by atoms with E-state index in [1.807, 2.05) is 0 Å². The highest BCUT2D eigenvalue weighted by molar-refractivity contribution is 7.09. The van der Waals surface area contributed by atoms with E-state index in [4.69, 9.17) is 0 Å². The summed E-state index contributed by atoms with van der Waals surface area (Å²) in [5, 5.41) is 11.6. The normalized spacial score (nSPS) is 30.9. The van der Waals surface area contributed by atoms with E-state index < -0.39 is 5.97 Å². The van der Waals surface area contributed by atoms with Crippen molar-refractivity contribution >= 4 is 17.3 Å². The van der Waals surface area contributed by atoms with Gasteiger partial charge in [0, 0.05) is 17.5 Å². The number of carboxylic acids is 1. The van der Waals surface area contributed by atoms with Crippen molar-refractivity contribution in [3.8, 4) is 0 Å². The Morgan fingerprint density at radius 3 is 2.90 bits per heavy atom. The van der Waals surface area contributed by atoms with Gasteiger partial charge in [-0.05, 0) is 49.5 Å². The number of carboxylic acid groups (broad SMARTS) is 1. The van der Waals surface area contributed by atoms with Crippen molar-refractivity contribution in [2.45, 2.75) is 57.0 Å². The van der Waals surface area contributed by atoms with Gasteiger partial charge >= 0.3 is 5.97 Å². The molecule has 0 bridgehead atoms. The average Bonchev–Trinajstić information content (AvgIpc) is 2.97. The third-order valence-electron chi connectivity index (χ3n) is 4.99. The van der Waals surface area contributed by atoms with Crippen LogP contribution in [0.2, 0.25) is 0 Å². The van der Waals surface area contributed by atoms with Gasteiger partial charge in [-0.3, -0.25) is 9.69 Å². The monoisotopic (exact) mass is 293 g/mol. The van der Waals surface area contributed by atoms with Gasteiger partial charge in [-0.1, -0.05) is 18.9 Å². The van der Waals surface area contributed by atoms with Crippen LogP contribution < -0.4 is 0 Å². The van der Waals surface area contributed by atoms with Gasteiger partial charge in [-0.2, -0.15) is 0 Å². The number of fused-ring (bicyclic) bond motifs is 1. The van der Waals surface area contributed by atoms with Crippen molar-refractivity contribution in [2.75, 3.05) is 6.54 Å². The summed E-state index contributed by atoms with van der Waals surface area (Å²) in [6, 6.07) is 4.49. The summed E-state index contributed by atoms with van der Waals surface area (Å²) in [7, 11) is 0. The Morgan fingerprint density at radius 1 is 1.30 bits per heavy atom. The first-order chi connectivity index (χ1) is 9.75. The first-order valence-electron chi connectivity index (χ1n) is 7.76. The molecule has 1 aromatic heterocycles. The molecule has 1 saturated carbocycles. The van der Waals surface area contributed by atoms with E-state index in [2.05, 4.69) is 22.4 Å². The first kappa shape index (κ1) is 14.1. The quantitative estimate of drug-likeness (QED) is 0.925. The minimum Gasteiger partial charge on any atom is -0.480 e. The van der Waals surface area contributed by atoms with Crippen LogP contribution in [0.1, 0.15) is 43.4 Å². The number of nitrogens with zero attached hydrogens (tertiary/aromatic N) is 1. The predicted octanol–water partition coefficient (Wildman–Crippen LogP) is 3.40. The van der Waals surface area contributed by atoms with Crippen molar-refractivity contribution in [3.63, 3.8) is 0 Å². The molecule has 3 nitrogen and oxygen atoms in total. The summed E-state index contributed by atoms with van der Waals surface area (Å²) < 4.78 is 0. The van der Waals surface area contributed by atoms with Crippen LogP contribution >= 0.6 is 11.3 Å². The van der Waals surface area contributed by atoms with Crippen LogP contribution in [0.4, 0.5) is 0 Å². The summed E-state index contributed by atoms with van der Waals surface area (Å²) in [6.45, 7) is 0.901. The molecule has 1 aliphatic carbocycles. The van der Waals surface area contributed by atoms with Crippen LogP contribution in [0.3, 0.4) is 0 Å². The van der Waals surface area contributed by atoms with Crippen LogP contribution in [0, 0.1) is 5.92 Å². The van der Waals surface area contributed by atoms with Gasteiger partial charge in [-0.15, -0.1) is 11.3 Å². The second-order valence-electron chi connectivity index (χ2n) is 6.11. The molecule has 0 aromatic carbocycles. The molecule has 110 valence electrons. The molecule has 3 unspecified atom stereocenters. The predicted molar refractivity (Wildman–Crippen MR) is 81.1 cm³/mol. The smallest absolute Gasteiger partial charge is 0.320 e. The second-order valence-corrected chi connectivity index (χ2v) is 7.14. The lowest BCUT2D eigenvalue weighted by Gasteiger charge is -2.47. The molecule has 2 fully saturated rings. The highest BCUT2D eigenvalue weighted by Crippen LogP contribution is 2.38. The lowest BCUT2D eigenvalue weighted by atomic mass is 9.76. The van der Waals surface area contributed by atoms with Crippen molar-refractivity contribution in [1.82, 2.24) is 4.90 Å². The molecule has 0 radical (unpaired) electrons. The number of aliphatic carboxylic acids is 1. The molecular formula is C16H23NO2S. The number of piperidine rings is 1. The van der Waals surface area contributed by atoms with E-state index in [-0.39, 0.29) is 6.04 Å². The summed E-state index contributed by atoms with van der Waals surface area (Å²) in [6.07, 6.45) is 8.02. The molecule has 3 rings (SSSR count). The van der Waals surface area contributed by atoms with Crippen molar-refractivity contribution in [2.24, 2.45) is 5.92 Å². The van der Waals surface area contributed by atoms with Crippen LogP contribution in [0.25, 0.3) is 0 Å². The van der Waals surface area contributed by atoms with Crippen molar-refractivity contribution < 1.29 is 9.90 Å². The zero-order chi connectivity index (χ0) is 13.9. The summed E-state index contributed by atoms with van der Waals surface area (Å²) in [5.74, 6) is 0.114. The molecule has 1 aliphatic heterocycles. The number of hydrogen-bond donors (Lipinski definition) is 1. The third-order valence-corrected chi connectivity index (χ3v) is 5.92. The highest BCUT2D eigenvalue weighted by atomic mass is 32.1. The van der Waals surface area contributed by atoms with E-state index >= 15 is 0 Å². The van der Waals surface area contributed by atoms with E-state index in [9.17, 15) is 9.90 Å². The number of hydrogen-bond acceptors (Lipinski definition) is 3. The fourth-order valence-electron chi connectivity index (χ4n) is 4.01. The molecule has 4 heteroatoms. The van der Waals surface area contributed by atoms with Crippen molar-refractivity contribution in [1.29, 1.82) is 0 Å². The lowest BCUT2D eigenvalue weighted by Crippen LogP contribution is -2.55. The first-order valence-corrected chi connectivity index (χ1v) is 8.64. The molecule has 1 aromatic rings. The van der Waals surface area contributed by atoms with E-state index in [0.717, 1.165) is 31.7 Å². The number of likely N-dealkylation sites (tertiary alicyclic amines) is 1. The minimum atomic E-state index is -0.625. The molecule has 0 amide bonds. The van der Waals surface area contributed by atoms with E-state index in [0.29, 0.717) is 6.04 Å². The second kappa shape index (κ2) is 6.27.